The molecular formula is C20H7Br3Cl4O5. The molecule has 0 aliphatic carbocycles. The number of hydrogen-bond acceptors (Lipinski definition) is 5. The predicted octanol–water partition coefficient (Wildman–Crippen LogP) is 8.38. The number of rotatable bonds is 0. The molecule has 2 heterocycles. The van der Waals surface area contributed by atoms with Gasteiger partial charge in [0.15, 0.2) is 17.1 Å². The maximum Gasteiger partial charge on any atom is 0.341 e. The summed E-state index contributed by atoms with van der Waals surface area (Å²) in [5, 5.41) is 20.2. The fourth-order valence-corrected chi connectivity index (χ4v) is 5.78. The van der Waals surface area contributed by atoms with Gasteiger partial charge >= 0.3 is 5.97 Å². The number of carbonyl (C=O) groups is 1. The summed E-state index contributed by atoms with van der Waals surface area (Å²) in [6.45, 7) is 0. The zero-order chi connectivity index (χ0) is 22.4. The lowest BCUT2D eigenvalue weighted by molar-refractivity contribution is 0.0223. The van der Waals surface area contributed by atoms with Crippen LogP contribution in [0, 0.1) is 0 Å². The van der Waals surface area contributed by atoms with Crippen molar-refractivity contribution in [2.45, 2.75) is 5.60 Å². The van der Waals surface area contributed by atoms with E-state index in [1.54, 1.807) is 0 Å². The van der Waals surface area contributed by atoms with Crippen molar-refractivity contribution in [2.75, 3.05) is 0 Å². The molecule has 0 amide bonds. The van der Waals surface area contributed by atoms with Crippen molar-refractivity contribution < 1.29 is 24.5 Å². The SMILES string of the molecule is Br.O=C1OC2(c3ccc(O)c(Br)c3Oc3c2ccc(O)c3Br)c2c(Cl)c(Cl)c(Cl)c(Cl)c21. The molecule has 32 heavy (non-hydrogen) atoms. The molecule has 166 valence electrons. The molecule has 12 heteroatoms. The largest absolute Gasteiger partial charge is 0.507 e. The van der Waals surface area contributed by atoms with Gasteiger partial charge in [-0.3, -0.25) is 0 Å². The van der Waals surface area contributed by atoms with Gasteiger partial charge in [-0.15, -0.1) is 17.0 Å². The van der Waals surface area contributed by atoms with Gasteiger partial charge in [0.05, 0.1) is 25.7 Å². The molecule has 3 aromatic rings. The van der Waals surface area contributed by atoms with Crippen LogP contribution in [0.25, 0.3) is 0 Å². The molecule has 2 aliphatic heterocycles. The van der Waals surface area contributed by atoms with E-state index in [1.165, 1.54) is 24.3 Å². The van der Waals surface area contributed by atoms with Gasteiger partial charge in [-0.1, -0.05) is 46.4 Å². The molecule has 2 N–H and O–H groups in total. The second-order valence-electron chi connectivity index (χ2n) is 6.73. The number of esters is 1. The Morgan fingerprint density at radius 3 is 1.75 bits per heavy atom. The molecule has 0 aromatic heterocycles. The fourth-order valence-electron chi connectivity index (χ4n) is 3.87. The number of phenols is 2. The lowest BCUT2D eigenvalue weighted by Crippen LogP contribution is -2.33. The highest BCUT2D eigenvalue weighted by Gasteiger charge is 2.57. The third-order valence-electron chi connectivity index (χ3n) is 5.19. The summed E-state index contributed by atoms with van der Waals surface area (Å²) in [4.78, 5) is 13.1. The predicted molar refractivity (Wildman–Crippen MR) is 134 cm³/mol. The van der Waals surface area contributed by atoms with Crippen molar-refractivity contribution in [3.63, 3.8) is 0 Å². The zero-order valence-corrected chi connectivity index (χ0v) is 23.0. The van der Waals surface area contributed by atoms with Crippen LogP contribution in [0.5, 0.6) is 23.0 Å². The smallest absolute Gasteiger partial charge is 0.341 e. The van der Waals surface area contributed by atoms with Gasteiger partial charge in [-0.25, -0.2) is 4.79 Å². The van der Waals surface area contributed by atoms with Gasteiger partial charge < -0.3 is 19.7 Å². The molecule has 1 spiro atoms. The topological polar surface area (TPSA) is 76.0 Å². The molecule has 3 aromatic carbocycles. The summed E-state index contributed by atoms with van der Waals surface area (Å²) in [6.07, 6.45) is 0. The fraction of sp³-hybridized carbons (Fsp3) is 0.0500. The Balaban J connectivity index is 0.00000245. The van der Waals surface area contributed by atoms with Crippen LogP contribution in [0.4, 0.5) is 0 Å². The monoisotopic (exact) mass is 704 g/mol. The summed E-state index contributed by atoms with van der Waals surface area (Å²) >= 11 is 32.1. The van der Waals surface area contributed by atoms with Crippen LogP contribution in [0.15, 0.2) is 33.2 Å². The minimum atomic E-state index is -1.64. The summed E-state index contributed by atoms with van der Waals surface area (Å²) in [5.41, 5.74) is -0.791. The summed E-state index contributed by atoms with van der Waals surface area (Å²) in [5.74, 6) is -0.698. The molecule has 0 saturated carbocycles. The van der Waals surface area contributed by atoms with Gasteiger partial charge in [-0.2, -0.15) is 0 Å². The van der Waals surface area contributed by atoms with Gasteiger partial charge in [0.2, 0.25) is 0 Å². The van der Waals surface area contributed by atoms with Gasteiger partial charge in [-0.05, 0) is 56.1 Å². The van der Waals surface area contributed by atoms with E-state index in [1.807, 2.05) is 0 Å². The summed E-state index contributed by atoms with van der Waals surface area (Å²) in [6, 6.07) is 5.89. The summed E-state index contributed by atoms with van der Waals surface area (Å²) < 4.78 is 12.4. The second-order valence-corrected chi connectivity index (χ2v) is 9.83. The lowest BCUT2D eigenvalue weighted by Gasteiger charge is -2.37. The van der Waals surface area contributed by atoms with Crippen LogP contribution < -0.4 is 4.74 Å². The first-order chi connectivity index (χ1) is 14.6. The number of fused-ring (bicyclic) bond motifs is 6. The summed E-state index contributed by atoms with van der Waals surface area (Å²) in [7, 11) is 0. The maximum atomic E-state index is 13.1. The number of benzene rings is 3. The highest BCUT2D eigenvalue weighted by molar-refractivity contribution is 9.11. The number of hydrogen-bond donors (Lipinski definition) is 2. The average molecular weight is 709 g/mol. The molecule has 0 saturated heterocycles. The van der Waals surface area contributed by atoms with Crippen LogP contribution >= 0.6 is 95.2 Å². The van der Waals surface area contributed by atoms with E-state index in [9.17, 15) is 15.0 Å². The third-order valence-corrected chi connectivity index (χ3v) is 8.52. The maximum absolute atomic E-state index is 13.1. The number of aromatic hydroxyl groups is 2. The van der Waals surface area contributed by atoms with E-state index < -0.39 is 11.6 Å². The first-order valence-electron chi connectivity index (χ1n) is 8.42. The minimum Gasteiger partial charge on any atom is -0.507 e. The van der Waals surface area contributed by atoms with Gasteiger partial charge in [0, 0.05) is 16.7 Å². The Morgan fingerprint density at radius 1 is 0.781 bits per heavy atom. The molecular weight excluding hydrogens is 702 g/mol. The van der Waals surface area contributed by atoms with Crippen LogP contribution in [0.1, 0.15) is 27.0 Å². The first kappa shape index (κ1) is 24.3. The highest BCUT2D eigenvalue weighted by atomic mass is 79.9. The highest BCUT2D eigenvalue weighted by Crippen LogP contribution is 2.63. The van der Waals surface area contributed by atoms with Crippen molar-refractivity contribution in [1.82, 2.24) is 0 Å². The Kier molecular flexibility index (Phi) is 6.15. The van der Waals surface area contributed by atoms with Gasteiger partial charge in [0.25, 0.3) is 0 Å². The van der Waals surface area contributed by atoms with Crippen LogP contribution in [0.2, 0.25) is 20.1 Å². The first-order valence-corrected chi connectivity index (χ1v) is 11.5. The minimum absolute atomic E-state index is 0. The van der Waals surface area contributed by atoms with Crippen molar-refractivity contribution in [1.29, 1.82) is 0 Å². The molecule has 5 nitrogen and oxygen atoms in total. The normalized spacial score (nSPS) is 14.8. The third kappa shape index (κ3) is 2.97. The van der Waals surface area contributed by atoms with Crippen molar-refractivity contribution >= 4 is 101 Å². The van der Waals surface area contributed by atoms with Crippen molar-refractivity contribution in [2.24, 2.45) is 0 Å². The Morgan fingerprint density at radius 2 is 1.25 bits per heavy atom. The van der Waals surface area contributed by atoms with E-state index in [-0.39, 0.29) is 80.1 Å². The van der Waals surface area contributed by atoms with Crippen LogP contribution in [-0.4, -0.2) is 16.2 Å². The van der Waals surface area contributed by atoms with Crippen molar-refractivity contribution in [3.8, 4) is 23.0 Å². The number of halogens is 7. The molecule has 0 bridgehead atoms. The zero-order valence-electron chi connectivity index (χ0n) is 15.1. The average Bonchev–Trinajstić information content (AvgIpc) is 3.04. The Hall–Kier alpha value is -0.870. The number of phenolic OH excluding ortho intramolecular Hbond substituents is 2. The quantitative estimate of drug-likeness (QED) is 0.140. The molecule has 0 radical (unpaired) electrons. The molecule has 5 rings (SSSR count). The van der Waals surface area contributed by atoms with E-state index in [0.29, 0.717) is 11.1 Å². The van der Waals surface area contributed by atoms with E-state index in [0.717, 1.165) is 0 Å². The lowest BCUT2D eigenvalue weighted by atomic mass is 9.77. The Bertz CT molecular complexity index is 1300. The molecule has 2 aliphatic rings. The number of carbonyl (C=O) groups excluding carboxylic acids is 1. The molecule has 0 fully saturated rings. The van der Waals surface area contributed by atoms with Crippen LogP contribution in [-0.2, 0) is 10.3 Å². The second kappa shape index (κ2) is 8.12. The number of ether oxygens (including phenoxy) is 2. The molecule has 0 unspecified atom stereocenters. The van der Waals surface area contributed by atoms with E-state index in [4.69, 9.17) is 55.9 Å². The van der Waals surface area contributed by atoms with Gasteiger partial charge in [0.1, 0.15) is 20.4 Å². The van der Waals surface area contributed by atoms with E-state index in [2.05, 4.69) is 31.9 Å². The molecule has 0 atom stereocenters. The van der Waals surface area contributed by atoms with E-state index >= 15 is 0 Å². The standard InChI is InChI=1S/C20H6Br2Cl4O5.BrH/c21-11-7(27)3-1-5-17(11)30-18-6(2-4-8(28)12(18)22)20(5)10-9(19(29)31-20)13(23)15(25)16(26)14(10)24;/h1-4,27-28H;1H. The van der Waals surface area contributed by atoms with Crippen molar-refractivity contribution in [3.05, 3.63) is 75.6 Å². The Labute approximate surface area is 228 Å². The van der Waals surface area contributed by atoms with Crippen LogP contribution in [0.3, 0.4) is 0 Å².